The number of nitrogens with one attached hydrogen (secondary N) is 1. The van der Waals surface area contributed by atoms with Gasteiger partial charge in [0.25, 0.3) is 0 Å². The topological polar surface area (TPSA) is 69.6 Å². The first-order valence-electron chi connectivity index (χ1n) is 6.22. The van der Waals surface area contributed by atoms with Gasteiger partial charge in [0, 0.05) is 17.8 Å². The first-order valence-corrected chi connectivity index (χ1v) is 6.22. The normalized spacial score (nSPS) is 10.4. The fraction of sp³-hybridized carbons (Fsp3) is 0.133. The van der Waals surface area contributed by atoms with Crippen molar-refractivity contribution in [2.24, 2.45) is 0 Å². The zero-order chi connectivity index (χ0) is 15.4. The molecule has 0 saturated carbocycles. The van der Waals surface area contributed by atoms with E-state index in [1.54, 1.807) is 0 Å². The van der Waals surface area contributed by atoms with Gasteiger partial charge in [-0.15, -0.1) is 0 Å². The number of benzene rings is 2. The Morgan fingerprint density at radius 1 is 1.14 bits per heavy atom. The van der Waals surface area contributed by atoms with Gasteiger partial charge in [-0.2, -0.15) is 0 Å². The lowest BCUT2D eigenvalue weighted by atomic mass is 10.1. The largest absolute Gasteiger partial charge is 0.507 e. The highest BCUT2D eigenvalue weighted by Gasteiger charge is 2.11. The number of carbonyl (C=O) groups is 1. The van der Waals surface area contributed by atoms with Crippen molar-refractivity contribution in [1.29, 1.82) is 0 Å². The van der Waals surface area contributed by atoms with Gasteiger partial charge in [0.05, 0.1) is 0 Å². The van der Waals surface area contributed by atoms with Crippen LogP contribution in [0.3, 0.4) is 0 Å². The molecule has 2 rings (SSSR count). The van der Waals surface area contributed by atoms with Crippen LogP contribution in [0.5, 0.6) is 5.75 Å². The van der Waals surface area contributed by atoms with Crippen LogP contribution in [0.2, 0.25) is 0 Å². The van der Waals surface area contributed by atoms with Crippen molar-refractivity contribution in [3.8, 4) is 5.75 Å². The molecule has 0 heterocycles. The molecule has 0 saturated heterocycles. The van der Waals surface area contributed by atoms with Crippen LogP contribution in [0.1, 0.15) is 15.9 Å². The average Bonchev–Trinajstić information content (AvgIpc) is 2.43. The molecule has 0 fully saturated rings. The summed E-state index contributed by atoms with van der Waals surface area (Å²) in [6.07, 6.45) is 0.113. The van der Waals surface area contributed by atoms with Gasteiger partial charge in [-0.25, -0.2) is 13.6 Å². The van der Waals surface area contributed by atoms with Crippen molar-refractivity contribution < 1.29 is 23.8 Å². The molecular weight excluding hydrogens is 280 g/mol. The number of aromatic hydroxyl groups is 1. The molecule has 3 N–H and O–H groups in total. The summed E-state index contributed by atoms with van der Waals surface area (Å²) in [6.45, 7) is 0.224. The predicted octanol–water partition coefficient (Wildman–Crippen LogP) is 3.02. The first-order chi connectivity index (χ1) is 9.99. The lowest BCUT2D eigenvalue weighted by molar-refractivity contribution is 0.0694. The summed E-state index contributed by atoms with van der Waals surface area (Å²) < 4.78 is 26.8. The number of carboxylic acid groups (broad SMARTS) is 1. The maximum absolute atomic E-state index is 13.4. The molecule has 0 aromatic heterocycles. The highest BCUT2D eigenvalue weighted by atomic mass is 19.1. The maximum atomic E-state index is 13.4. The fourth-order valence-corrected chi connectivity index (χ4v) is 1.92. The van der Waals surface area contributed by atoms with E-state index in [1.807, 2.05) is 0 Å². The molecule has 110 valence electrons. The molecule has 2 aromatic rings. The van der Waals surface area contributed by atoms with Gasteiger partial charge in [-0.1, -0.05) is 6.07 Å². The Morgan fingerprint density at radius 2 is 1.81 bits per heavy atom. The quantitative estimate of drug-likeness (QED) is 0.741. The number of hydrogen-bond acceptors (Lipinski definition) is 3. The highest BCUT2D eigenvalue weighted by molar-refractivity contribution is 5.91. The Hall–Kier alpha value is -2.63. The summed E-state index contributed by atoms with van der Waals surface area (Å²) in [5, 5.41) is 21.1. The second-order valence-electron chi connectivity index (χ2n) is 4.41. The molecule has 4 nitrogen and oxygen atoms in total. The average molecular weight is 293 g/mol. The van der Waals surface area contributed by atoms with E-state index in [2.05, 4.69) is 5.32 Å². The van der Waals surface area contributed by atoms with Crippen LogP contribution in [-0.2, 0) is 6.42 Å². The van der Waals surface area contributed by atoms with E-state index in [9.17, 15) is 18.7 Å². The van der Waals surface area contributed by atoms with E-state index in [0.29, 0.717) is 5.69 Å². The zero-order valence-corrected chi connectivity index (χ0v) is 10.9. The summed E-state index contributed by atoms with van der Waals surface area (Å²) in [5.74, 6) is -2.83. The van der Waals surface area contributed by atoms with E-state index in [-0.39, 0.29) is 29.8 Å². The molecular formula is C15H13F2NO3. The second kappa shape index (κ2) is 6.21. The van der Waals surface area contributed by atoms with Gasteiger partial charge >= 0.3 is 5.97 Å². The van der Waals surface area contributed by atoms with Crippen LogP contribution in [0.25, 0.3) is 0 Å². The van der Waals surface area contributed by atoms with E-state index >= 15 is 0 Å². The first kappa shape index (κ1) is 14.8. The summed E-state index contributed by atoms with van der Waals surface area (Å²) >= 11 is 0. The Bertz CT molecular complexity index is 654. The SMILES string of the molecule is O=C(O)c1cc(NCCc2c(F)cccc2F)ccc1O. The van der Waals surface area contributed by atoms with Crippen molar-refractivity contribution in [2.45, 2.75) is 6.42 Å². The van der Waals surface area contributed by atoms with Crippen molar-refractivity contribution in [3.05, 3.63) is 59.2 Å². The molecule has 0 aliphatic heterocycles. The maximum Gasteiger partial charge on any atom is 0.339 e. The number of rotatable bonds is 5. The molecule has 0 bridgehead atoms. The molecule has 0 radical (unpaired) electrons. The van der Waals surface area contributed by atoms with E-state index in [0.717, 1.165) is 0 Å². The molecule has 0 aliphatic rings. The van der Waals surface area contributed by atoms with Crippen LogP contribution in [0.15, 0.2) is 36.4 Å². The van der Waals surface area contributed by atoms with Gasteiger partial charge in [-0.05, 0) is 36.8 Å². The van der Waals surface area contributed by atoms with Gasteiger partial charge in [0.1, 0.15) is 22.9 Å². The minimum absolute atomic E-state index is 0.0257. The van der Waals surface area contributed by atoms with E-state index in [1.165, 1.54) is 36.4 Å². The van der Waals surface area contributed by atoms with Crippen molar-refractivity contribution in [3.63, 3.8) is 0 Å². The van der Waals surface area contributed by atoms with E-state index in [4.69, 9.17) is 5.11 Å². The standard InChI is InChI=1S/C15H13F2NO3/c16-12-2-1-3-13(17)10(12)6-7-18-9-4-5-14(19)11(8-9)15(20)21/h1-5,8,18-19H,6-7H2,(H,20,21). The lowest BCUT2D eigenvalue weighted by Crippen LogP contribution is -2.08. The Balaban J connectivity index is 2.04. The third-order valence-electron chi connectivity index (χ3n) is 2.99. The zero-order valence-electron chi connectivity index (χ0n) is 10.9. The van der Waals surface area contributed by atoms with Crippen molar-refractivity contribution in [1.82, 2.24) is 0 Å². The molecule has 21 heavy (non-hydrogen) atoms. The fourth-order valence-electron chi connectivity index (χ4n) is 1.92. The third-order valence-corrected chi connectivity index (χ3v) is 2.99. The molecule has 0 amide bonds. The number of phenols is 1. The number of aromatic carboxylic acids is 1. The lowest BCUT2D eigenvalue weighted by Gasteiger charge is -2.09. The molecule has 6 heteroatoms. The molecule has 0 spiro atoms. The number of halogens is 2. The summed E-state index contributed by atoms with van der Waals surface area (Å²) in [5.41, 5.74) is 0.182. The smallest absolute Gasteiger partial charge is 0.339 e. The van der Waals surface area contributed by atoms with Gasteiger partial charge < -0.3 is 15.5 Å². The Labute approximate surface area is 119 Å². The third kappa shape index (κ3) is 3.47. The van der Waals surface area contributed by atoms with E-state index < -0.39 is 17.6 Å². The van der Waals surface area contributed by atoms with Gasteiger partial charge in [0.2, 0.25) is 0 Å². The summed E-state index contributed by atoms with van der Waals surface area (Å²) in [7, 11) is 0. The van der Waals surface area contributed by atoms with Gasteiger partial charge in [-0.3, -0.25) is 0 Å². The second-order valence-corrected chi connectivity index (χ2v) is 4.41. The molecule has 0 atom stereocenters. The molecule has 2 aromatic carbocycles. The van der Waals surface area contributed by atoms with Gasteiger partial charge in [0.15, 0.2) is 0 Å². The van der Waals surface area contributed by atoms with Crippen molar-refractivity contribution >= 4 is 11.7 Å². The Kier molecular flexibility index (Phi) is 4.37. The molecule has 0 unspecified atom stereocenters. The number of hydrogen-bond donors (Lipinski definition) is 3. The van der Waals surface area contributed by atoms with Crippen LogP contribution in [-0.4, -0.2) is 22.7 Å². The van der Waals surface area contributed by atoms with Crippen LogP contribution in [0, 0.1) is 11.6 Å². The monoisotopic (exact) mass is 293 g/mol. The number of anilines is 1. The molecule has 0 aliphatic carbocycles. The summed E-state index contributed by atoms with van der Waals surface area (Å²) in [4.78, 5) is 10.9. The Morgan fingerprint density at radius 3 is 2.43 bits per heavy atom. The minimum atomic E-state index is -1.25. The minimum Gasteiger partial charge on any atom is -0.507 e. The van der Waals surface area contributed by atoms with Crippen LogP contribution >= 0.6 is 0 Å². The van der Waals surface area contributed by atoms with Crippen molar-refractivity contribution in [2.75, 3.05) is 11.9 Å². The highest BCUT2D eigenvalue weighted by Crippen LogP contribution is 2.21. The summed E-state index contributed by atoms with van der Waals surface area (Å²) in [6, 6.07) is 7.65. The van der Waals surface area contributed by atoms with Crippen LogP contribution < -0.4 is 5.32 Å². The van der Waals surface area contributed by atoms with Crippen LogP contribution in [0.4, 0.5) is 14.5 Å². The predicted molar refractivity (Wildman–Crippen MR) is 73.6 cm³/mol. The number of carboxylic acids is 1.